The van der Waals surface area contributed by atoms with Gasteiger partial charge in [0.05, 0.1) is 12.5 Å². The number of hydrogen-bond donors (Lipinski definition) is 1. The minimum Gasteiger partial charge on any atom is -0.365 e. The number of benzene rings is 2. The molecule has 5 rings (SSSR count). The largest absolute Gasteiger partial charge is 0.365 e. The number of ether oxygens (including phenoxy) is 1. The predicted molar refractivity (Wildman–Crippen MR) is 117 cm³/mol. The number of rotatable bonds is 4. The fourth-order valence-corrected chi connectivity index (χ4v) is 5.43. The van der Waals surface area contributed by atoms with E-state index in [2.05, 4.69) is 21.2 Å². The lowest BCUT2D eigenvalue weighted by molar-refractivity contribution is -0.157. The molecule has 164 valence electrons. The molecule has 31 heavy (non-hydrogen) atoms. The molecule has 1 spiro atoms. The van der Waals surface area contributed by atoms with Crippen LogP contribution in [0.2, 0.25) is 5.02 Å². The van der Waals surface area contributed by atoms with E-state index in [9.17, 15) is 13.6 Å². The van der Waals surface area contributed by atoms with Crippen LogP contribution in [-0.2, 0) is 28.3 Å². The van der Waals surface area contributed by atoms with Crippen LogP contribution in [0.4, 0.5) is 8.78 Å². The van der Waals surface area contributed by atoms with Gasteiger partial charge in [-0.1, -0.05) is 27.5 Å². The van der Waals surface area contributed by atoms with Crippen molar-refractivity contribution in [2.75, 3.05) is 13.1 Å². The number of halogens is 4. The molecular formula is C23H22BrClF2N2O2. The summed E-state index contributed by atoms with van der Waals surface area (Å²) in [7, 11) is 0. The van der Waals surface area contributed by atoms with Crippen LogP contribution >= 0.6 is 27.5 Å². The molecule has 0 aromatic heterocycles. The van der Waals surface area contributed by atoms with E-state index in [1.54, 1.807) is 0 Å². The van der Waals surface area contributed by atoms with Gasteiger partial charge in [0, 0.05) is 28.6 Å². The van der Waals surface area contributed by atoms with Crippen molar-refractivity contribution < 1.29 is 18.3 Å². The zero-order chi connectivity index (χ0) is 21.8. The van der Waals surface area contributed by atoms with Gasteiger partial charge in [0.2, 0.25) is 5.91 Å². The lowest BCUT2D eigenvalue weighted by Crippen LogP contribution is -2.55. The number of nitrogens with zero attached hydrogens (tertiary/aromatic N) is 1. The number of fused-ring (bicyclic) bond motifs is 2. The molecule has 4 nitrogen and oxygen atoms in total. The standard InChI is InChI=1S/C23H22BrClF2N2O2/c24-15-1-4-19(25)13(7-15)11-29(16-2-3-16)22(30)18-10-28-6-5-23(18)17-9-21(27)20(26)8-14(17)12-31-23/h1,4,7-9,16,18,28H,2-3,5-6,10-12H2/t18-,23+/m1/s1. The SMILES string of the molecule is O=C([C@H]1CNCC[C@@]12OCc1cc(F)c(F)cc12)N(Cc1cc(Br)ccc1Cl)C1CC1. The van der Waals surface area contributed by atoms with Gasteiger partial charge in [-0.3, -0.25) is 4.79 Å². The highest BCUT2D eigenvalue weighted by Crippen LogP contribution is 2.48. The van der Waals surface area contributed by atoms with Crippen molar-refractivity contribution in [1.82, 2.24) is 10.2 Å². The molecule has 2 aliphatic heterocycles. The van der Waals surface area contributed by atoms with Gasteiger partial charge in [0.25, 0.3) is 0 Å². The number of nitrogens with one attached hydrogen (secondary N) is 1. The van der Waals surface area contributed by atoms with Crippen LogP contribution < -0.4 is 5.32 Å². The van der Waals surface area contributed by atoms with Crippen LogP contribution in [0.15, 0.2) is 34.8 Å². The number of carbonyl (C=O) groups is 1. The van der Waals surface area contributed by atoms with Gasteiger partial charge in [-0.05, 0) is 72.8 Å². The first kappa shape index (κ1) is 21.3. The topological polar surface area (TPSA) is 41.6 Å². The molecule has 1 saturated heterocycles. The molecule has 0 bridgehead atoms. The van der Waals surface area contributed by atoms with E-state index < -0.39 is 23.2 Å². The average molecular weight is 512 g/mol. The van der Waals surface area contributed by atoms with E-state index in [-0.39, 0.29) is 18.6 Å². The number of piperidine rings is 1. The highest BCUT2D eigenvalue weighted by molar-refractivity contribution is 9.10. The normalized spacial score (nSPS) is 25.0. The first-order chi connectivity index (χ1) is 14.9. The van der Waals surface area contributed by atoms with Crippen LogP contribution in [-0.4, -0.2) is 29.9 Å². The number of carbonyl (C=O) groups excluding carboxylic acids is 1. The van der Waals surface area contributed by atoms with Gasteiger partial charge < -0.3 is 15.0 Å². The predicted octanol–water partition coefficient (Wildman–Crippen LogP) is 4.91. The summed E-state index contributed by atoms with van der Waals surface area (Å²) in [5.41, 5.74) is 1.14. The minimum absolute atomic E-state index is 0.0386. The smallest absolute Gasteiger partial charge is 0.230 e. The van der Waals surface area contributed by atoms with Crippen LogP contribution in [0, 0.1) is 17.6 Å². The molecule has 2 aromatic carbocycles. The monoisotopic (exact) mass is 510 g/mol. The molecule has 0 radical (unpaired) electrons. The highest BCUT2D eigenvalue weighted by atomic mass is 79.9. The lowest BCUT2D eigenvalue weighted by atomic mass is 9.75. The first-order valence-corrected chi connectivity index (χ1v) is 11.6. The van der Waals surface area contributed by atoms with E-state index in [4.69, 9.17) is 16.3 Å². The van der Waals surface area contributed by atoms with Crippen LogP contribution in [0.3, 0.4) is 0 Å². The molecular weight excluding hydrogens is 490 g/mol. The van der Waals surface area contributed by atoms with E-state index in [1.165, 1.54) is 12.1 Å². The number of hydrogen-bond acceptors (Lipinski definition) is 3. The van der Waals surface area contributed by atoms with Crippen LogP contribution in [0.25, 0.3) is 0 Å². The van der Waals surface area contributed by atoms with Crippen LogP contribution in [0.1, 0.15) is 36.0 Å². The van der Waals surface area contributed by atoms with Gasteiger partial charge in [0.1, 0.15) is 5.60 Å². The van der Waals surface area contributed by atoms with Crippen molar-refractivity contribution in [1.29, 1.82) is 0 Å². The minimum atomic E-state index is -0.944. The summed E-state index contributed by atoms with van der Waals surface area (Å²) in [6.45, 7) is 1.64. The van der Waals surface area contributed by atoms with Crippen molar-refractivity contribution in [2.24, 2.45) is 5.92 Å². The van der Waals surface area contributed by atoms with Crippen molar-refractivity contribution in [2.45, 2.75) is 44.1 Å². The van der Waals surface area contributed by atoms with Gasteiger partial charge in [-0.2, -0.15) is 0 Å². The van der Waals surface area contributed by atoms with Crippen LogP contribution in [0.5, 0.6) is 0 Å². The van der Waals surface area contributed by atoms with Crippen molar-refractivity contribution >= 4 is 33.4 Å². The highest BCUT2D eigenvalue weighted by Gasteiger charge is 2.53. The fourth-order valence-electron chi connectivity index (χ4n) is 4.85. The van der Waals surface area contributed by atoms with Gasteiger partial charge in [-0.25, -0.2) is 8.78 Å². The Bertz CT molecular complexity index is 1050. The number of amides is 1. The summed E-state index contributed by atoms with van der Waals surface area (Å²) in [6.07, 6.45) is 2.42. The summed E-state index contributed by atoms with van der Waals surface area (Å²) in [5, 5.41) is 3.90. The van der Waals surface area contributed by atoms with E-state index >= 15 is 0 Å². The third-order valence-electron chi connectivity index (χ3n) is 6.59. The van der Waals surface area contributed by atoms with Crippen molar-refractivity contribution in [3.63, 3.8) is 0 Å². The van der Waals surface area contributed by atoms with Gasteiger partial charge in [-0.15, -0.1) is 0 Å². The Labute approximate surface area is 193 Å². The first-order valence-electron chi connectivity index (χ1n) is 10.5. The second-order valence-electron chi connectivity index (χ2n) is 8.54. The molecule has 1 amide bonds. The Morgan fingerprint density at radius 2 is 2.03 bits per heavy atom. The van der Waals surface area contributed by atoms with Crippen molar-refractivity contribution in [3.8, 4) is 0 Å². The fraction of sp³-hybridized carbons (Fsp3) is 0.435. The molecule has 1 aliphatic carbocycles. The third-order valence-corrected chi connectivity index (χ3v) is 7.45. The van der Waals surface area contributed by atoms with E-state index in [0.29, 0.717) is 42.2 Å². The van der Waals surface area contributed by atoms with E-state index in [0.717, 1.165) is 22.9 Å². The Hall–Kier alpha value is -1.54. The lowest BCUT2D eigenvalue weighted by Gasteiger charge is -2.43. The second-order valence-corrected chi connectivity index (χ2v) is 9.86. The zero-order valence-corrected chi connectivity index (χ0v) is 19.1. The Morgan fingerprint density at radius 3 is 2.81 bits per heavy atom. The maximum atomic E-state index is 14.1. The summed E-state index contributed by atoms with van der Waals surface area (Å²) < 4.78 is 35.0. The molecule has 1 N–H and O–H groups in total. The molecule has 2 atom stereocenters. The molecule has 0 unspecified atom stereocenters. The quantitative estimate of drug-likeness (QED) is 0.634. The summed E-state index contributed by atoms with van der Waals surface area (Å²) in [5.74, 6) is -2.37. The van der Waals surface area contributed by atoms with Gasteiger partial charge >= 0.3 is 0 Å². The zero-order valence-electron chi connectivity index (χ0n) is 16.8. The average Bonchev–Trinajstić information content (AvgIpc) is 3.54. The summed E-state index contributed by atoms with van der Waals surface area (Å²) in [6, 6.07) is 8.19. The second kappa shape index (κ2) is 8.10. The Balaban J connectivity index is 1.50. The van der Waals surface area contributed by atoms with Gasteiger partial charge in [0.15, 0.2) is 11.6 Å². The third kappa shape index (κ3) is 3.80. The Morgan fingerprint density at radius 1 is 1.26 bits per heavy atom. The molecule has 2 aromatic rings. The molecule has 8 heteroatoms. The van der Waals surface area contributed by atoms with Crippen molar-refractivity contribution in [3.05, 3.63) is 68.2 Å². The summed E-state index contributed by atoms with van der Waals surface area (Å²) >= 11 is 9.88. The molecule has 2 fully saturated rings. The molecule has 2 heterocycles. The van der Waals surface area contributed by atoms with E-state index in [1.807, 2.05) is 23.1 Å². The maximum absolute atomic E-state index is 14.1. The molecule has 1 saturated carbocycles. The summed E-state index contributed by atoms with van der Waals surface area (Å²) in [4.78, 5) is 15.8. The maximum Gasteiger partial charge on any atom is 0.230 e. The Kier molecular flexibility index (Phi) is 5.57. The molecule has 3 aliphatic rings.